The van der Waals surface area contributed by atoms with Crippen LogP contribution in [0.25, 0.3) is 0 Å². The van der Waals surface area contributed by atoms with Gasteiger partial charge in [-0.2, -0.15) is 31.3 Å². The normalized spacial score (nSPS) is 12.3. The van der Waals surface area contributed by atoms with E-state index in [1.54, 1.807) is 18.3 Å². The second-order valence-corrected chi connectivity index (χ2v) is 10.1. The van der Waals surface area contributed by atoms with Crippen molar-refractivity contribution in [3.8, 4) is 0 Å². The van der Waals surface area contributed by atoms with E-state index in [0.717, 1.165) is 28.9 Å². The number of alkyl halides is 6. The summed E-state index contributed by atoms with van der Waals surface area (Å²) in [5.41, 5.74) is 5.01. The summed E-state index contributed by atoms with van der Waals surface area (Å²) >= 11 is 12.1. The Balaban J connectivity index is 0.000000342. The summed E-state index contributed by atoms with van der Waals surface area (Å²) in [5, 5.41) is 12.9. The number of benzene rings is 2. The van der Waals surface area contributed by atoms with Gasteiger partial charge >= 0.3 is 30.0 Å². The summed E-state index contributed by atoms with van der Waals surface area (Å²) in [6, 6.07) is 16.7. The molecule has 1 aliphatic rings. The van der Waals surface area contributed by atoms with Gasteiger partial charge in [0.1, 0.15) is 10.2 Å². The molecular formula is C28H19Cl2F6N7O3. The molecular weight excluding hydrogens is 667 g/mol. The quantitative estimate of drug-likeness (QED) is 0.0980. The maximum absolute atomic E-state index is 12.6. The molecule has 0 unspecified atom stereocenters. The maximum Gasteiger partial charge on any atom is 0.458 e. The van der Waals surface area contributed by atoms with Crippen molar-refractivity contribution in [1.29, 1.82) is 0 Å². The number of carbonyl (C=O) groups is 3. The Morgan fingerprint density at radius 3 is 2.11 bits per heavy atom. The molecule has 0 radical (unpaired) electrons. The lowest BCUT2D eigenvalue weighted by Gasteiger charge is -2.15. The van der Waals surface area contributed by atoms with Gasteiger partial charge in [-0.1, -0.05) is 35.3 Å². The first kappa shape index (κ1) is 33.9. The zero-order valence-electron chi connectivity index (χ0n) is 22.9. The highest BCUT2D eigenvalue weighted by Crippen LogP contribution is 2.30. The summed E-state index contributed by atoms with van der Waals surface area (Å²) < 4.78 is 67.0. The number of anilines is 6. The maximum atomic E-state index is 12.6. The lowest BCUT2D eigenvalue weighted by atomic mass is 10.0. The number of carbonyl (C=O) groups excluding carboxylic acids is 3. The molecule has 6 bridgehead atoms. The highest BCUT2D eigenvalue weighted by Gasteiger charge is 2.54. The van der Waals surface area contributed by atoms with Gasteiger partial charge in [0, 0.05) is 17.1 Å². The monoisotopic (exact) mass is 685 g/mol. The van der Waals surface area contributed by atoms with Gasteiger partial charge in [-0.3, -0.25) is 9.59 Å². The first-order valence-corrected chi connectivity index (χ1v) is 13.5. The van der Waals surface area contributed by atoms with E-state index in [0.29, 0.717) is 39.7 Å². The van der Waals surface area contributed by atoms with E-state index in [1.165, 1.54) is 6.20 Å². The first-order chi connectivity index (χ1) is 21.6. The SMILES string of the molecule is O=C(C(=O)C(F)(F)F)C(F)(F)F.O=C(Nc1ccc(Cl)nc1)Nc1ccc2cc1CCc1cccc(c1)Nc1ncc(Cl)c(n1)N2. The van der Waals surface area contributed by atoms with Crippen LogP contribution in [0.15, 0.2) is 67.0 Å². The fourth-order valence-corrected chi connectivity index (χ4v) is 4.11. The van der Waals surface area contributed by atoms with E-state index < -0.39 is 23.9 Å². The molecule has 2 aromatic carbocycles. The molecule has 3 heterocycles. The molecule has 0 spiro atoms. The Kier molecular flexibility index (Phi) is 10.3. The lowest BCUT2D eigenvalue weighted by Crippen LogP contribution is -2.39. The van der Waals surface area contributed by atoms with Gasteiger partial charge in [0.2, 0.25) is 5.95 Å². The zero-order valence-corrected chi connectivity index (χ0v) is 24.4. The van der Waals surface area contributed by atoms with E-state index in [2.05, 4.69) is 48.4 Å². The summed E-state index contributed by atoms with van der Waals surface area (Å²) in [4.78, 5) is 44.6. The van der Waals surface area contributed by atoms with Crippen molar-refractivity contribution < 1.29 is 40.7 Å². The van der Waals surface area contributed by atoms with Crippen molar-refractivity contribution in [2.75, 3.05) is 21.3 Å². The van der Waals surface area contributed by atoms with Crippen LogP contribution in [0.5, 0.6) is 0 Å². The largest absolute Gasteiger partial charge is 0.458 e. The van der Waals surface area contributed by atoms with Crippen molar-refractivity contribution in [2.45, 2.75) is 25.2 Å². The van der Waals surface area contributed by atoms with Crippen molar-refractivity contribution in [3.63, 3.8) is 0 Å². The Morgan fingerprint density at radius 1 is 0.761 bits per heavy atom. The molecule has 10 nitrogen and oxygen atoms in total. The predicted octanol–water partition coefficient (Wildman–Crippen LogP) is 7.66. The smallest absolute Gasteiger partial charge is 0.339 e. The van der Waals surface area contributed by atoms with Gasteiger partial charge in [-0.25, -0.2) is 14.8 Å². The molecule has 2 amide bonds. The number of urea groups is 1. The van der Waals surface area contributed by atoms with E-state index >= 15 is 0 Å². The van der Waals surface area contributed by atoms with Crippen molar-refractivity contribution in [1.82, 2.24) is 15.0 Å². The van der Waals surface area contributed by atoms with Gasteiger partial charge in [0.25, 0.3) is 0 Å². The van der Waals surface area contributed by atoms with Gasteiger partial charge in [0.15, 0.2) is 5.82 Å². The third-order valence-corrected chi connectivity index (χ3v) is 6.43. The van der Waals surface area contributed by atoms with Gasteiger partial charge in [-0.05, 0) is 66.4 Å². The number of hydrogen-bond acceptors (Lipinski definition) is 8. The number of rotatable bonds is 3. The Morgan fingerprint density at radius 2 is 1.46 bits per heavy atom. The second kappa shape index (κ2) is 14.0. The zero-order chi connectivity index (χ0) is 33.6. The molecule has 4 N–H and O–H groups in total. The average molecular weight is 686 g/mol. The minimum absolute atomic E-state index is 0.357. The number of pyridine rings is 1. The molecule has 2 aromatic heterocycles. The number of Topliss-reactive ketones (excluding diaryl/α,β-unsaturated/α-hetero) is 2. The van der Waals surface area contributed by atoms with Gasteiger partial charge in [-0.15, -0.1) is 0 Å². The predicted molar refractivity (Wildman–Crippen MR) is 158 cm³/mol. The Bertz CT molecular complexity index is 1750. The van der Waals surface area contributed by atoms with E-state index in [9.17, 15) is 40.7 Å². The molecule has 0 aliphatic carbocycles. The van der Waals surface area contributed by atoms with E-state index in [4.69, 9.17) is 23.2 Å². The van der Waals surface area contributed by atoms with Crippen LogP contribution in [0.3, 0.4) is 0 Å². The van der Waals surface area contributed by atoms with Crippen LogP contribution in [-0.4, -0.2) is 44.9 Å². The number of nitrogens with zero attached hydrogens (tertiary/aromatic N) is 3. The molecule has 0 saturated heterocycles. The minimum Gasteiger partial charge on any atom is -0.339 e. The summed E-state index contributed by atoms with van der Waals surface area (Å²) in [5.74, 6) is -5.89. The van der Waals surface area contributed by atoms with Crippen LogP contribution in [0, 0.1) is 0 Å². The molecule has 0 fully saturated rings. The molecule has 0 saturated carbocycles. The standard InChI is InChI=1S/C24H19Cl2N7O.C4F6O2/c25-19-13-28-23-30-16-3-1-2-14(10-16)4-5-15-11-17(29-22(19)33-23)6-8-20(15)32-24(34)31-18-7-9-21(26)27-12-18;5-3(6,7)1(11)2(12)4(8,9)10/h1-3,6-13H,4-5H2,(H2,31,32,34)(H2,28,29,30,33);. The molecule has 4 aromatic rings. The molecule has 0 atom stereocenters. The fourth-order valence-electron chi connectivity index (χ4n) is 3.86. The van der Waals surface area contributed by atoms with Crippen molar-refractivity contribution in [3.05, 3.63) is 88.3 Å². The minimum atomic E-state index is -5.77. The molecule has 46 heavy (non-hydrogen) atoms. The van der Waals surface area contributed by atoms with Crippen LogP contribution >= 0.6 is 23.2 Å². The van der Waals surface area contributed by atoms with Gasteiger partial charge in [0.05, 0.1) is 18.1 Å². The van der Waals surface area contributed by atoms with E-state index in [1.807, 2.05) is 30.3 Å². The summed E-state index contributed by atoms with van der Waals surface area (Å²) in [6.07, 6.45) is -7.02. The van der Waals surface area contributed by atoms with Crippen molar-refractivity contribution >= 4 is 75.3 Å². The number of fused-ring (bicyclic) bond motifs is 6. The molecule has 18 heteroatoms. The third kappa shape index (κ3) is 9.28. The van der Waals surface area contributed by atoms with E-state index in [-0.39, 0.29) is 6.03 Å². The number of aromatic nitrogens is 3. The lowest BCUT2D eigenvalue weighted by molar-refractivity contribution is -0.193. The summed E-state index contributed by atoms with van der Waals surface area (Å²) in [6.45, 7) is 0. The summed E-state index contributed by atoms with van der Waals surface area (Å²) in [7, 11) is 0. The number of amides is 2. The molecule has 1 aliphatic heterocycles. The molecule has 240 valence electrons. The van der Waals surface area contributed by atoms with Crippen LogP contribution in [-0.2, 0) is 22.4 Å². The highest BCUT2D eigenvalue weighted by molar-refractivity contribution is 6.41. The van der Waals surface area contributed by atoms with Crippen LogP contribution in [0.4, 0.5) is 65.7 Å². The number of hydrogen-bond donors (Lipinski definition) is 4. The average Bonchev–Trinajstić information content (AvgIpc) is 2.99. The number of aryl methyl sites for hydroxylation is 2. The molecule has 5 rings (SSSR count). The first-order valence-electron chi connectivity index (χ1n) is 12.8. The Labute approximate surface area is 265 Å². The fraction of sp³-hybridized carbons (Fsp3) is 0.143. The van der Waals surface area contributed by atoms with Crippen LogP contribution < -0.4 is 21.3 Å². The number of ketones is 2. The third-order valence-electron chi connectivity index (χ3n) is 5.93. The van der Waals surface area contributed by atoms with Crippen LogP contribution in [0.1, 0.15) is 11.1 Å². The number of nitrogens with one attached hydrogen (secondary N) is 4. The second-order valence-electron chi connectivity index (χ2n) is 9.31. The number of halogens is 8. The topological polar surface area (TPSA) is 138 Å². The van der Waals surface area contributed by atoms with Gasteiger partial charge < -0.3 is 21.3 Å². The highest BCUT2D eigenvalue weighted by atomic mass is 35.5. The van der Waals surface area contributed by atoms with Crippen LogP contribution in [0.2, 0.25) is 10.2 Å². The Hall–Kier alpha value is -4.96. The van der Waals surface area contributed by atoms with Crippen molar-refractivity contribution in [2.24, 2.45) is 0 Å².